The van der Waals surface area contributed by atoms with Crippen molar-refractivity contribution < 1.29 is 5.11 Å². The van der Waals surface area contributed by atoms with Gasteiger partial charge in [0, 0.05) is 5.54 Å². The Morgan fingerprint density at radius 1 is 0.818 bits per heavy atom. The number of hydrogen-bond donors (Lipinski definition) is 1. The second-order valence-electron chi connectivity index (χ2n) is 10.8. The van der Waals surface area contributed by atoms with Gasteiger partial charge in [0.25, 0.3) is 0 Å². The Labute approximate surface area is 139 Å². The van der Waals surface area contributed by atoms with Gasteiger partial charge in [-0.3, -0.25) is 4.90 Å². The first kappa shape index (κ1) is 20.0. The number of aliphatic hydroxyl groups is 1. The molecule has 1 saturated heterocycles. The Hall–Kier alpha value is -0.0800. The molecule has 0 aromatic heterocycles. The van der Waals surface area contributed by atoms with E-state index < -0.39 is 5.60 Å². The van der Waals surface area contributed by atoms with Crippen molar-refractivity contribution in [2.45, 2.75) is 99.1 Å². The molecule has 0 aliphatic carbocycles. The van der Waals surface area contributed by atoms with Crippen molar-refractivity contribution in [2.24, 2.45) is 16.7 Å². The minimum Gasteiger partial charge on any atom is -0.390 e. The van der Waals surface area contributed by atoms with Crippen molar-refractivity contribution in [2.75, 3.05) is 13.1 Å². The van der Waals surface area contributed by atoms with Gasteiger partial charge < -0.3 is 5.11 Å². The predicted octanol–water partition coefficient (Wildman–Crippen LogP) is 5.10. The summed E-state index contributed by atoms with van der Waals surface area (Å²) in [5, 5.41) is 10.2. The average molecular weight is 312 g/mol. The van der Waals surface area contributed by atoms with E-state index in [1.54, 1.807) is 0 Å². The zero-order chi connectivity index (χ0) is 17.4. The molecule has 0 radical (unpaired) electrons. The molecule has 22 heavy (non-hydrogen) atoms. The molecule has 0 amide bonds. The zero-order valence-corrected chi connectivity index (χ0v) is 16.7. The first-order chi connectivity index (χ1) is 9.62. The minimum atomic E-state index is -0.591. The molecule has 0 unspecified atom stereocenters. The van der Waals surface area contributed by atoms with Crippen LogP contribution in [0.25, 0.3) is 0 Å². The molecule has 1 fully saturated rings. The van der Waals surface area contributed by atoms with Crippen LogP contribution in [0.15, 0.2) is 0 Å². The fourth-order valence-electron chi connectivity index (χ4n) is 4.95. The molecule has 0 bridgehead atoms. The number of nitrogens with zero attached hydrogens (tertiary/aromatic N) is 1. The van der Waals surface area contributed by atoms with Gasteiger partial charge in [0.05, 0.1) is 5.60 Å². The van der Waals surface area contributed by atoms with E-state index in [2.05, 4.69) is 53.4 Å². The number of rotatable bonds is 5. The molecule has 2 nitrogen and oxygen atoms in total. The van der Waals surface area contributed by atoms with Crippen molar-refractivity contribution in [3.63, 3.8) is 0 Å². The highest BCUT2D eigenvalue weighted by atomic mass is 16.3. The first-order valence-corrected chi connectivity index (χ1v) is 9.10. The third-order valence-corrected chi connectivity index (χ3v) is 5.31. The fourth-order valence-corrected chi connectivity index (χ4v) is 4.95. The van der Waals surface area contributed by atoms with Crippen molar-refractivity contribution in [3.05, 3.63) is 0 Å². The molecule has 0 aromatic rings. The molecule has 0 atom stereocenters. The largest absolute Gasteiger partial charge is 0.390 e. The van der Waals surface area contributed by atoms with E-state index in [4.69, 9.17) is 0 Å². The first-order valence-electron chi connectivity index (χ1n) is 9.10. The number of likely N-dealkylation sites (tertiary alicyclic amines) is 1. The number of piperidine rings is 1. The summed E-state index contributed by atoms with van der Waals surface area (Å²) in [6, 6.07) is 0. The van der Waals surface area contributed by atoms with E-state index in [-0.39, 0.29) is 5.54 Å². The standard InChI is InChI=1S/C20H41NO/c1-17(2,3)14-18(4,5)16-10-12-21(13-11-16)19(6,7)15-20(8,9)22/h16,22H,10-15H2,1-9H3. The van der Waals surface area contributed by atoms with Crippen LogP contribution in [-0.2, 0) is 0 Å². The Kier molecular flexibility index (Phi) is 5.84. The van der Waals surface area contributed by atoms with E-state index in [1.807, 2.05) is 13.8 Å². The van der Waals surface area contributed by atoms with E-state index in [1.165, 1.54) is 32.4 Å². The summed E-state index contributed by atoms with van der Waals surface area (Å²) in [7, 11) is 0. The van der Waals surface area contributed by atoms with Crippen LogP contribution in [0.2, 0.25) is 0 Å². The minimum absolute atomic E-state index is 0.0807. The van der Waals surface area contributed by atoms with Gasteiger partial charge in [-0.25, -0.2) is 0 Å². The Balaban J connectivity index is 2.63. The maximum atomic E-state index is 10.2. The lowest BCUT2D eigenvalue weighted by Gasteiger charge is -2.49. The molecule has 1 aliphatic heterocycles. The van der Waals surface area contributed by atoms with Crippen molar-refractivity contribution >= 4 is 0 Å². The molecular formula is C20H41NO. The Morgan fingerprint density at radius 2 is 1.27 bits per heavy atom. The topological polar surface area (TPSA) is 23.5 Å². The molecule has 2 heteroatoms. The predicted molar refractivity (Wildman–Crippen MR) is 97.1 cm³/mol. The number of hydrogen-bond acceptors (Lipinski definition) is 2. The molecule has 132 valence electrons. The Morgan fingerprint density at radius 3 is 1.64 bits per heavy atom. The average Bonchev–Trinajstić information content (AvgIpc) is 2.22. The van der Waals surface area contributed by atoms with Crippen LogP contribution in [0, 0.1) is 16.7 Å². The summed E-state index contributed by atoms with van der Waals surface area (Å²) in [6.45, 7) is 22.7. The maximum Gasteiger partial charge on any atom is 0.0609 e. The highest BCUT2D eigenvalue weighted by Crippen LogP contribution is 2.44. The summed E-state index contributed by atoms with van der Waals surface area (Å²) in [5.74, 6) is 0.820. The smallest absolute Gasteiger partial charge is 0.0609 e. The summed E-state index contributed by atoms with van der Waals surface area (Å²) in [5.41, 5.74) is 0.314. The molecule has 0 spiro atoms. The molecular weight excluding hydrogens is 270 g/mol. The van der Waals surface area contributed by atoms with Crippen LogP contribution in [0.4, 0.5) is 0 Å². The zero-order valence-electron chi connectivity index (χ0n) is 16.7. The van der Waals surface area contributed by atoms with Crippen LogP contribution in [0.3, 0.4) is 0 Å². The normalized spacial score (nSPS) is 20.5. The lowest BCUT2D eigenvalue weighted by Crippen LogP contribution is -2.52. The SMILES string of the molecule is CC(C)(C)CC(C)(C)C1CCN(C(C)(C)CC(C)(C)O)CC1. The molecule has 1 aliphatic rings. The summed E-state index contributed by atoms with van der Waals surface area (Å²) < 4.78 is 0. The van der Waals surface area contributed by atoms with Gasteiger partial charge >= 0.3 is 0 Å². The van der Waals surface area contributed by atoms with Crippen molar-refractivity contribution in [3.8, 4) is 0 Å². The van der Waals surface area contributed by atoms with Crippen molar-refractivity contribution in [1.82, 2.24) is 4.90 Å². The second kappa shape index (κ2) is 6.43. The van der Waals surface area contributed by atoms with E-state index in [0.29, 0.717) is 10.8 Å². The van der Waals surface area contributed by atoms with Gasteiger partial charge in [-0.05, 0) is 83.2 Å². The second-order valence-corrected chi connectivity index (χ2v) is 10.8. The van der Waals surface area contributed by atoms with Gasteiger partial charge in [0.1, 0.15) is 0 Å². The molecule has 1 N–H and O–H groups in total. The molecule has 0 saturated carbocycles. The van der Waals surface area contributed by atoms with Gasteiger partial charge in [0.15, 0.2) is 0 Å². The highest BCUT2D eigenvalue weighted by molar-refractivity contribution is 4.93. The van der Waals surface area contributed by atoms with Crippen molar-refractivity contribution in [1.29, 1.82) is 0 Å². The quantitative estimate of drug-likeness (QED) is 0.763. The lowest BCUT2D eigenvalue weighted by molar-refractivity contribution is -0.0249. The van der Waals surface area contributed by atoms with E-state index >= 15 is 0 Å². The maximum absolute atomic E-state index is 10.2. The molecule has 0 aromatic carbocycles. The van der Waals surface area contributed by atoms with Gasteiger partial charge in [-0.2, -0.15) is 0 Å². The molecule has 1 rings (SSSR count). The third-order valence-electron chi connectivity index (χ3n) is 5.31. The van der Waals surface area contributed by atoms with Gasteiger partial charge in [-0.1, -0.05) is 34.6 Å². The van der Waals surface area contributed by atoms with E-state index in [0.717, 1.165) is 12.3 Å². The summed E-state index contributed by atoms with van der Waals surface area (Å²) in [6.07, 6.45) is 4.70. The van der Waals surface area contributed by atoms with Gasteiger partial charge in [-0.15, -0.1) is 0 Å². The highest BCUT2D eigenvalue weighted by Gasteiger charge is 2.39. The van der Waals surface area contributed by atoms with Gasteiger partial charge in [0.2, 0.25) is 0 Å². The summed E-state index contributed by atoms with van der Waals surface area (Å²) >= 11 is 0. The monoisotopic (exact) mass is 311 g/mol. The van der Waals surface area contributed by atoms with Crippen LogP contribution in [0.5, 0.6) is 0 Å². The van der Waals surface area contributed by atoms with E-state index in [9.17, 15) is 5.11 Å². The lowest BCUT2D eigenvalue weighted by atomic mass is 9.66. The fraction of sp³-hybridized carbons (Fsp3) is 1.00. The van der Waals surface area contributed by atoms with Crippen LogP contribution in [0.1, 0.15) is 88.0 Å². The molecule has 1 heterocycles. The summed E-state index contributed by atoms with van der Waals surface area (Å²) in [4.78, 5) is 2.59. The van der Waals surface area contributed by atoms with Crippen LogP contribution in [-0.4, -0.2) is 34.2 Å². The Bertz CT molecular complexity index is 313. The van der Waals surface area contributed by atoms with Crippen LogP contribution < -0.4 is 0 Å². The van der Waals surface area contributed by atoms with Crippen LogP contribution >= 0.6 is 0 Å². The third kappa shape index (κ3) is 6.20.